The minimum Gasteiger partial charge on any atom is -0.365 e. The SMILES string of the molecule is Clc1nc(NCc2ccncc2)c2ccncc2n1. The van der Waals surface area contributed by atoms with Gasteiger partial charge in [-0.2, -0.15) is 0 Å². The summed E-state index contributed by atoms with van der Waals surface area (Å²) in [4.78, 5) is 16.4. The van der Waals surface area contributed by atoms with Crippen molar-refractivity contribution >= 4 is 28.3 Å². The van der Waals surface area contributed by atoms with Crippen molar-refractivity contribution in [2.45, 2.75) is 6.54 Å². The Labute approximate surface area is 114 Å². The van der Waals surface area contributed by atoms with Gasteiger partial charge in [0, 0.05) is 30.5 Å². The van der Waals surface area contributed by atoms with Gasteiger partial charge >= 0.3 is 0 Å². The summed E-state index contributed by atoms with van der Waals surface area (Å²) in [5.41, 5.74) is 1.84. The molecular formula is C13H10ClN5. The van der Waals surface area contributed by atoms with E-state index in [0.29, 0.717) is 12.4 Å². The average Bonchev–Trinajstić information content (AvgIpc) is 2.45. The van der Waals surface area contributed by atoms with E-state index < -0.39 is 0 Å². The van der Waals surface area contributed by atoms with Gasteiger partial charge in [0.15, 0.2) is 0 Å². The van der Waals surface area contributed by atoms with Crippen molar-refractivity contribution in [3.05, 3.63) is 53.8 Å². The maximum atomic E-state index is 5.91. The van der Waals surface area contributed by atoms with Crippen molar-refractivity contribution in [1.29, 1.82) is 0 Å². The Kier molecular flexibility index (Phi) is 3.20. The summed E-state index contributed by atoms with van der Waals surface area (Å²) < 4.78 is 0. The molecular weight excluding hydrogens is 262 g/mol. The van der Waals surface area contributed by atoms with Crippen LogP contribution in [0.5, 0.6) is 0 Å². The van der Waals surface area contributed by atoms with Crippen LogP contribution >= 0.6 is 11.6 Å². The lowest BCUT2D eigenvalue weighted by molar-refractivity contribution is 1.09. The van der Waals surface area contributed by atoms with E-state index >= 15 is 0 Å². The van der Waals surface area contributed by atoms with Crippen molar-refractivity contribution < 1.29 is 0 Å². The zero-order chi connectivity index (χ0) is 13.1. The number of rotatable bonds is 3. The highest BCUT2D eigenvalue weighted by molar-refractivity contribution is 6.28. The molecule has 0 bridgehead atoms. The molecule has 0 aliphatic carbocycles. The molecule has 0 unspecified atom stereocenters. The van der Waals surface area contributed by atoms with Crippen molar-refractivity contribution in [2.75, 3.05) is 5.32 Å². The lowest BCUT2D eigenvalue weighted by Gasteiger charge is -2.08. The first-order valence-electron chi connectivity index (χ1n) is 5.73. The highest BCUT2D eigenvalue weighted by Crippen LogP contribution is 2.21. The third-order valence-corrected chi connectivity index (χ3v) is 2.85. The molecule has 0 aromatic carbocycles. The predicted molar refractivity (Wildman–Crippen MR) is 73.9 cm³/mol. The normalized spacial score (nSPS) is 10.6. The Bertz CT molecular complexity index is 702. The van der Waals surface area contributed by atoms with Gasteiger partial charge in [-0.1, -0.05) is 0 Å². The van der Waals surface area contributed by atoms with Gasteiger partial charge in [-0.3, -0.25) is 9.97 Å². The Balaban J connectivity index is 1.92. The summed E-state index contributed by atoms with van der Waals surface area (Å²) in [6.45, 7) is 0.646. The van der Waals surface area contributed by atoms with Crippen LogP contribution in [0, 0.1) is 0 Å². The largest absolute Gasteiger partial charge is 0.365 e. The summed E-state index contributed by atoms with van der Waals surface area (Å²) in [7, 11) is 0. The van der Waals surface area contributed by atoms with Gasteiger partial charge in [-0.05, 0) is 35.4 Å². The number of hydrogen-bond donors (Lipinski definition) is 1. The second kappa shape index (κ2) is 5.16. The van der Waals surface area contributed by atoms with Gasteiger partial charge in [0.05, 0.1) is 11.7 Å². The summed E-state index contributed by atoms with van der Waals surface area (Å²) >= 11 is 5.91. The van der Waals surface area contributed by atoms with E-state index in [1.54, 1.807) is 24.8 Å². The van der Waals surface area contributed by atoms with E-state index in [1.807, 2.05) is 18.2 Å². The quantitative estimate of drug-likeness (QED) is 0.742. The van der Waals surface area contributed by atoms with Gasteiger partial charge in [-0.25, -0.2) is 9.97 Å². The second-order valence-electron chi connectivity index (χ2n) is 3.94. The van der Waals surface area contributed by atoms with Crippen molar-refractivity contribution in [3.8, 4) is 0 Å². The van der Waals surface area contributed by atoms with Gasteiger partial charge in [-0.15, -0.1) is 0 Å². The monoisotopic (exact) mass is 271 g/mol. The van der Waals surface area contributed by atoms with E-state index in [4.69, 9.17) is 11.6 Å². The Morgan fingerprint density at radius 3 is 2.63 bits per heavy atom. The summed E-state index contributed by atoms with van der Waals surface area (Å²) in [6, 6.07) is 5.75. The zero-order valence-electron chi connectivity index (χ0n) is 9.92. The second-order valence-corrected chi connectivity index (χ2v) is 4.28. The molecule has 5 nitrogen and oxygen atoms in total. The topological polar surface area (TPSA) is 63.6 Å². The maximum Gasteiger partial charge on any atom is 0.224 e. The number of anilines is 1. The number of hydrogen-bond acceptors (Lipinski definition) is 5. The molecule has 1 N–H and O–H groups in total. The van der Waals surface area contributed by atoms with E-state index in [2.05, 4.69) is 25.3 Å². The molecule has 0 radical (unpaired) electrons. The maximum absolute atomic E-state index is 5.91. The average molecular weight is 272 g/mol. The van der Waals surface area contributed by atoms with Gasteiger partial charge in [0.1, 0.15) is 5.82 Å². The first-order valence-corrected chi connectivity index (χ1v) is 6.11. The van der Waals surface area contributed by atoms with E-state index in [-0.39, 0.29) is 5.28 Å². The van der Waals surface area contributed by atoms with Crippen LogP contribution in [-0.2, 0) is 6.54 Å². The van der Waals surface area contributed by atoms with Crippen LogP contribution in [0.25, 0.3) is 10.9 Å². The third-order valence-electron chi connectivity index (χ3n) is 2.68. The Morgan fingerprint density at radius 2 is 1.79 bits per heavy atom. The molecule has 3 heterocycles. The smallest absolute Gasteiger partial charge is 0.224 e. The minimum atomic E-state index is 0.206. The first kappa shape index (κ1) is 11.8. The molecule has 0 amide bonds. The molecule has 94 valence electrons. The fourth-order valence-electron chi connectivity index (χ4n) is 1.77. The number of aromatic nitrogens is 4. The van der Waals surface area contributed by atoms with Crippen LogP contribution in [0.3, 0.4) is 0 Å². The highest BCUT2D eigenvalue weighted by Gasteiger charge is 2.06. The van der Waals surface area contributed by atoms with E-state index in [1.165, 1.54) is 0 Å². The highest BCUT2D eigenvalue weighted by atomic mass is 35.5. The van der Waals surface area contributed by atoms with E-state index in [9.17, 15) is 0 Å². The van der Waals surface area contributed by atoms with Crippen LogP contribution < -0.4 is 5.32 Å². The number of nitrogens with zero attached hydrogens (tertiary/aromatic N) is 4. The van der Waals surface area contributed by atoms with Crippen molar-refractivity contribution in [2.24, 2.45) is 0 Å². The molecule has 0 atom stereocenters. The molecule has 0 fully saturated rings. The molecule has 0 spiro atoms. The summed E-state index contributed by atoms with van der Waals surface area (Å²) in [5, 5.41) is 4.36. The molecule has 6 heteroatoms. The lowest BCUT2D eigenvalue weighted by atomic mass is 10.2. The summed E-state index contributed by atoms with van der Waals surface area (Å²) in [5.74, 6) is 0.703. The molecule has 0 aliphatic heterocycles. The Morgan fingerprint density at radius 1 is 1.00 bits per heavy atom. The van der Waals surface area contributed by atoms with Gasteiger partial charge < -0.3 is 5.32 Å². The number of fused-ring (bicyclic) bond motifs is 1. The standard InChI is InChI=1S/C13H10ClN5/c14-13-18-11-8-16-6-3-10(11)12(19-13)17-7-9-1-4-15-5-2-9/h1-6,8H,7H2,(H,17,18,19). The van der Waals surface area contributed by atoms with Crippen molar-refractivity contribution in [1.82, 2.24) is 19.9 Å². The molecule has 0 saturated heterocycles. The van der Waals surface area contributed by atoms with Crippen LogP contribution in [0.2, 0.25) is 5.28 Å². The summed E-state index contributed by atoms with van der Waals surface area (Å²) in [6.07, 6.45) is 6.88. The van der Waals surface area contributed by atoms with Crippen LogP contribution in [0.4, 0.5) is 5.82 Å². The number of pyridine rings is 2. The molecule has 19 heavy (non-hydrogen) atoms. The first-order chi connectivity index (χ1) is 9.33. The molecule has 0 saturated carbocycles. The third kappa shape index (κ3) is 2.61. The van der Waals surface area contributed by atoms with E-state index in [0.717, 1.165) is 16.5 Å². The predicted octanol–water partition coefficient (Wildman–Crippen LogP) is 2.69. The van der Waals surface area contributed by atoms with Crippen molar-refractivity contribution in [3.63, 3.8) is 0 Å². The fourth-order valence-corrected chi connectivity index (χ4v) is 1.95. The molecule has 3 rings (SSSR count). The number of halogens is 1. The van der Waals surface area contributed by atoms with Gasteiger partial charge in [0.25, 0.3) is 0 Å². The number of nitrogens with one attached hydrogen (secondary N) is 1. The van der Waals surface area contributed by atoms with Crippen LogP contribution in [-0.4, -0.2) is 19.9 Å². The van der Waals surface area contributed by atoms with Crippen LogP contribution in [0.1, 0.15) is 5.56 Å². The lowest BCUT2D eigenvalue weighted by Crippen LogP contribution is -2.03. The Hall–Kier alpha value is -2.27. The fraction of sp³-hybridized carbons (Fsp3) is 0.0769. The molecule has 3 aromatic heterocycles. The minimum absolute atomic E-state index is 0.206. The molecule has 0 aliphatic rings. The van der Waals surface area contributed by atoms with Gasteiger partial charge in [0.2, 0.25) is 5.28 Å². The van der Waals surface area contributed by atoms with Crippen LogP contribution in [0.15, 0.2) is 43.0 Å². The molecule has 3 aromatic rings. The zero-order valence-corrected chi connectivity index (χ0v) is 10.7.